The zero-order valence-corrected chi connectivity index (χ0v) is 16.0. The van der Waals surface area contributed by atoms with Crippen LogP contribution in [-0.4, -0.2) is 5.16 Å². The maximum atomic E-state index is 3.62. The Labute approximate surface area is 121 Å². The SMILES string of the molecule is CC(C)CC(P)(CC(C)C)[C]12[CH]3[CH]4[CH]5[CH]1[Fe]45321678[CH]2[CH]1[CH]6[CH]7[CH]28. The molecule has 2 heteroatoms. The van der Waals surface area contributed by atoms with Crippen LogP contribution in [0, 0.1) is 11.8 Å². The van der Waals surface area contributed by atoms with Crippen molar-refractivity contribution in [2.45, 2.75) is 93.4 Å². The molecule has 10 saturated heterocycles. The quantitative estimate of drug-likeness (QED) is 0.397. The van der Waals surface area contributed by atoms with Gasteiger partial charge in [-0.05, 0) is 0 Å². The van der Waals surface area contributed by atoms with Gasteiger partial charge >= 0.3 is 121 Å². The summed E-state index contributed by atoms with van der Waals surface area (Å²) in [4.78, 5) is 13.4. The van der Waals surface area contributed by atoms with Gasteiger partial charge in [0.15, 0.2) is 0 Å². The van der Waals surface area contributed by atoms with Crippen LogP contribution in [0.3, 0.4) is 0 Å². The fraction of sp³-hybridized carbons (Fsp3) is 1.00. The fourth-order valence-electron chi connectivity index (χ4n) is 19.4. The first-order valence-corrected chi connectivity index (χ1v) is 16.5. The van der Waals surface area contributed by atoms with Crippen molar-refractivity contribution in [3.63, 3.8) is 0 Å². The van der Waals surface area contributed by atoms with Crippen LogP contribution in [-0.2, 0) is 6.51 Å². The predicted molar refractivity (Wildman–Crippen MR) is 87.8 cm³/mol. The van der Waals surface area contributed by atoms with Crippen LogP contribution in [0.1, 0.15) is 40.5 Å². The number of hydrogen-bond donors (Lipinski definition) is 0. The van der Waals surface area contributed by atoms with Crippen molar-refractivity contribution in [3.8, 4) is 0 Å². The second-order valence-corrected chi connectivity index (χ2v) is 38.7. The molecule has 10 fully saturated rings. The maximum absolute atomic E-state index is 3.62. The van der Waals surface area contributed by atoms with Crippen LogP contribution in [0.5, 0.6) is 0 Å². The first-order chi connectivity index (χ1) is 9.63. The Hall–Kier alpha value is 0.949. The van der Waals surface area contributed by atoms with Gasteiger partial charge in [0.2, 0.25) is 0 Å². The van der Waals surface area contributed by atoms with Crippen molar-refractivity contribution < 1.29 is 6.51 Å². The summed E-state index contributed by atoms with van der Waals surface area (Å²) in [6.07, 6.45) is 3.08. The van der Waals surface area contributed by atoms with Crippen LogP contribution < -0.4 is 0 Å². The first kappa shape index (κ1) is 10.1. The van der Waals surface area contributed by atoms with Gasteiger partial charge in [-0.3, -0.25) is 0 Å². The summed E-state index contributed by atoms with van der Waals surface area (Å²) in [5, 5.41) is 0.699. The molecule has 21 heavy (non-hydrogen) atoms. The number of hydrogen-bond acceptors (Lipinski definition) is 0. The molecule has 10 aliphatic heterocycles. The topological polar surface area (TPSA) is 0 Å². The van der Waals surface area contributed by atoms with Gasteiger partial charge in [-0.1, -0.05) is 0 Å². The van der Waals surface area contributed by atoms with E-state index in [1.54, 1.807) is 12.8 Å². The van der Waals surface area contributed by atoms with E-state index in [-0.39, 0.29) is 0 Å². The van der Waals surface area contributed by atoms with Gasteiger partial charge in [-0.25, -0.2) is 0 Å². The zero-order chi connectivity index (χ0) is 14.1. The van der Waals surface area contributed by atoms with Crippen molar-refractivity contribution >= 4 is 9.24 Å². The minimum absolute atomic E-state index is 0.699. The molecule has 0 nitrogen and oxygen atoms in total. The molecule has 0 N–H and O–H groups in total. The summed E-state index contributed by atoms with van der Waals surface area (Å²) >= 11 is 0. The van der Waals surface area contributed by atoms with Crippen molar-refractivity contribution in [2.75, 3.05) is 0 Å². The molecule has 5 unspecified atom stereocenters. The summed E-state index contributed by atoms with van der Waals surface area (Å²) in [6.45, 7) is 7.10. The first-order valence-electron chi connectivity index (χ1n) is 9.63. The Morgan fingerprint density at radius 1 is 0.810 bits per heavy atom. The van der Waals surface area contributed by atoms with E-state index in [4.69, 9.17) is 0 Å². The van der Waals surface area contributed by atoms with Gasteiger partial charge in [-0.15, -0.1) is 0 Å². The van der Waals surface area contributed by atoms with E-state index in [1.165, 1.54) is 43.3 Å². The molecule has 5 atom stereocenters. The van der Waals surface area contributed by atoms with E-state index in [1.807, 2.05) is 0 Å². The third-order valence-corrected chi connectivity index (χ3v) is 60.8. The Bertz CT molecular complexity index is 960. The van der Waals surface area contributed by atoms with Crippen molar-refractivity contribution in [3.05, 3.63) is 0 Å². The van der Waals surface area contributed by atoms with Crippen LogP contribution in [0.4, 0.5) is 0 Å². The molecule has 0 aromatic heterocycles. The molecule has 1 spiro atoms. The Kier molecular flexibility index (Phi) is 0.462. The molecule has 10 rings (SSSR count). The van der Waals surface area contributed by atoms with Gasteiger partial charge in [0.1, 0.15) is 0 Å². The second-order valence-electron chi connectivity index (χ2n) is 14.0. The summed E-state index contributed by atoms with van der Waals surface area (Å²) in [5.41, 5.74) is 0. The average molecular weight is 344 g/mol. The summed E-state index contributed by atoms with van der Waals surface area (Å²) in [5.74, 6) is 1.81. The number of fused-ring (bicyclic) bond motifs is 10. The molecule has 0 aromatic carbocycles. The van der Waals surface area contributed by atoms with Crippen molar-refractivity contribution in [1.29, 1.82) is 0 Å². The third kappa shape index (κ3) is 0.139. The molecule has 0 amide bonds. The van der Waals surface area contributed by atoms with E-state index in [9.17, 15) is 0 Å². The van der Waals surface area contributed by atoms with Gasteiger partial charge < -0.3 is 0 Å². The summed E-state index contributed by atoms with van der Waals surface area (Å²) < 4.78 is 1.07. The van der Waals surface area contributed by atoms with E-state index >= 15 is 0 Å². The summed E-state index contributed by atoms with van der Waals surface area (Å²) in [7, 11) is 3.62. The Balaban J connectivity index is 1.36. The second kappa shape index (κ2) is 0.965. The molecule has 0 bridgehead atoms. The van der Waals surface area contributed by atoms with E-state index in [0.717, 1.165) is 16.1 Å². The van der Waals surface area contributed by atoms with Crippen LogP contribution in [0.15, 0.2) is 0 Å². The molecule has 10 aliphatic rings. The Morgan fingerprint density at radius 2 is 1.19 bits per heavy atom. The molecular weight excluding hydrogens is 315 g/mol. The van der Waals surface area contributed by atoms with Crippen molar-refractivity contribution in [2.24, 2.45) is 11.8 Å². The monoisotopic (exact) mass is 344 g/mol. The van der Waals surface area contributed by atoms with Gasteiger partial charge in [0, 0.05) is 0 Å². The predicted octanol–water partition coefficient (Wildman–Crippen LogP) is 6.45. The summed E-state index contributed by atoms with van der Waals surface area (Å²) in [6, 6.07) is 0. The van der Waals surface area contributed by atoms with Crippen LogP contribution >= 0.6 is 9.24 Å². The van der Waals surface area contributed by atoms with Crippen molar-refractivity contribution in [1.82, 2.24) is 0 Å². The van der Waals surface area contributed by atoms with Crippen LogP contribution in [0.2, 0.25) is 47.7 Å². The fourth-order valence-corrected chi connectivity index (χ4v) is 99.0. The van der Waals surface area contributed by atoms with E-state index < -0.39 is 6.51 Å². The average Bonchev–Trinajstić information content (AvgIpc) is 3.31. The molecule has 118 valence electrons. The molecule has 0 radical (unpaired) electrons. The molecular formula is C19H29FeP. The minimum atomic E-state index is -2.92. The number of rotatable bonds is 5. The molecule has 0 aromatic rings. The normalized spacial score (nSPS) is 100. The van der Waals surface area contributed by atoms with Gasteiger partial charge in [-0.2, -0.15) is 0 Å². The van der Waals surface area contributed by atoms with E-state index in [2.05, 4.69) is 36.9 Å². The molecule has 0 saturated carbocycles. The third-order valence-electron chi connectivity index (χ3n) is 17.0. The zero-order valence-electron chi connectivity index (χ0n) is 13.7. The standard InChI is InChI=1S/C14H24P.C5H5.Fe/c1-11(2)9-14(15,10-12(3)4)13-7-5-6-8-13;1-2-4-5-3-1;/h5-8,11-12H,9-10,15H2,1-4H3;1-5H;. The van der Waals surface area contributed by atoms with E-state index in [0.29, 0.717) is 5.16 Å². The Morgan fingerprint density at radius 3 is 1.38 bits per heavy atom. The van der Waals surface area contributed by atoms with Crippen LogP contribution in [0.25, 0.3) is 0 Å². The van der Waals surface area contributed by atoms with Gasteiger partial charge in [0.05, 0.1) is 0 Å². The molecule has 10 heterocycles. The molecule has 0 aliphatic carbocycles. The van der Waals surface area contributed by atoms with Gasteiger partial charge in [0.25, 0.3) is 0 Å².